The Bertz CT molecular complexity index is 1080. The van der Waals surface area contributed by atoms with E-state index in [2.05, 4.69) is 22.0 Å². The number of rotatable bonds is 7. The molecule has 1 unspecified atom stereocenters. The van der Waals surface area contributed by atoms with Gasteiger partial charge in [-0.25, -0.2) is 4.98 Å². The van der Waals surface area contributed by atoms with Gasteiger partial charge in [-0.3, -0.25) is 4.79 Å². The van der Waals surface area contributed by atoms with Gasteiger partial charge in [0.15, 0.2) is 0 Å². The SMILES string of the molecule is C=C(C)/C=C(\C=N/N)C(=O)N1CC(CNc2ccc(C(F)(F)F)cn2)[C@@H](c2ccc(Cl)cc2)C1. The lowest BCUT2D eigenvalue weighted by Crippen LogP contribution is -2.31. The van der Waals surface area contributed by atoms with E-state index < -0.39 is 11.7 Å². The van der Waals surface area contributed by atoms with Crippen molar-refractivity contribution in [3.8, 4) is 0 Å². The molecule has 2 heterocycles. The molecular weight excluding hydrogens is 467 g/mol. The third-order valence-corrected chi connectivity index (χ3v) is 5.78. The van der Waals surface area contributed by atoms with Crippen molar-refractivity contribution < 1.29 is 18.0 Å². The second-order valence-corrected chi connectivity index (χ2v) is 8.60. The van der Waals surface area contributed by atoms with Crippen LogP contribution in [0.2, 0.25) is 5.02 Å². The number of carbonyl (C=O) groups excluding carboxylic acids is 1. The van der Waals surface area contributed by atoms with Crippen molar-refractivity contribution in [2.45, 2.75) is 19.0 Å². The van der Waals surface area contributed by atoms with E-state index in [0.717, 1.165) is 17.8 Å². The molecule has 10 heteroatoms. The highest BCUT2D eigenvalue weighted by Crippen LogP contribution is 2.34. The van der Waals surface area contributed by atoms with E-state index in [1.165, 1.54) is 12.3 Å². The van der Waals surface area contributed by atoms with Crippen molar-refractivity contribution in [3.05, 3.63) is 82.5 Å². The molecule has 1 amide bonds. The number of hydrazone groups is 1. The van der Waals surface area contributed by atoms with Gasteiger partial charge in [-0.1, -0.05) is 35.9 Å². The van der Waals surface area contributed by atoms with Crippen molar-refractivity contribution in [3.63, 3.8) is 0 Å². The molecule has 180 valence electrons. The van der Waals surface area contributed by atoms with Crippen LogP contribution in [0.3, 0.4) is 0 Å². The van der Waals surface area contributed by atoms with Crippen LogP contribution < -0.4 is 11.2 Å². The second kappa shape index (κ2) is 10.7. The third kappa shape index (κ3) is 6.38. The fourth-order valence-electron chi connectivity index (χ4n) is 3.92. The molecule has 0 saturated carbocycles. The van der Waals surface area contributed by atoms with E-state index in [4.69, 9.17) is 17.4 Å². The Morgan fingerprint density at radius 2 is 2.00 bits per heavy atom. The maximum atomic E-state index is 13.2. The Kier molecular flexibility index (Phi) is 7.98. The molecule has 0 aliphatic carbocycles. The summed E-state index contributed by atoms with van der Waals surface area (Å²) in [4.78, 5) is 18.7. The average Bonchev–Trinajstić information content (AvgIpc) is 3.21. The van der Waals surface area contributed by atoms with E-state index in [1.54, 1.807) is 30.0 Å². The first-order chi connectivity index (χ1) is 16.1. The number of halogens is 4. The number of likely N-dealkylation sites (tertiary alicyclic amines) is 1. The number of hydrogen-bond acceptors (Lipinski definition) is 5. The van der Waals surface area contributed by atoms with E-state index in [9.17, 15) is 18.0 Å². The first kappa shape index (κ1) is 25.3. The molecule has 2 atom stereocenters. The summed E-state index contributed by atoms with van der Waals surface area (Å²) in [7, 11) is 0. The van der Waals surface area contributed by atoms with Crippen LogP contribution in [0.15, 0.2) is 71.5 Å². The lowest BCUT2D eigenvalue weighted by molar-refractivity contribution is -0.137. The summed E-state index contributed by atoms with van der Waals surface area (Å²) in [5, 5.41) is 7.20. The number of pyridine rings is 1. The quantitative estimate of drug-likeness (QED) is 0.190. The summed E-state index contributed by atoms with van der Waals surface area (Å²) in [6.45, 7) is 6.84. The highest BCUT2D eigenvalue weighted by atomic mass is 35.5. The minimum Gasteiger partial charge on any atom is -0.370 e. The number of nitrogens with two attached hydrogens (primary N) is 1. The second-order valence-electron chi connectivity index (χ2n) is 8.16. The number of nitrogens with one attached hydrogen (secondary N) is 1. The number of amides is 1. The molecule has 1 aromatic heterocycles. The maximum Gasteiger partial charge on any atom is 0.417 e. The Balaban J connectivity index is 1.80. The van der Waals surface area contributed by atoms with Crippen molar-refractivity contribution in [2.75, 3.05) is 25.0 Å². The normalized spacial score (nSPS) is 19.0. The standard InChI is InChI=1S/C24H25ClF3N5O/c1-15(2)9-17(11-32-29)23(34)33-13-18(21(14-33)16-3-6-20(25)7-4-16)10-30-22-8-5-19(12-31-22)24(26,27)28/h3-9,11-12,18,21H,1,10,13-14,29H2,2H3,(H,30,31)/b17-9+,32-11-/t18?,21-/m1/s1. The highest BCUT2D eigenvalue weighted by molar-refractivity contribution is 6.30. The van der Waals surface area contributed by atoms with Gasteiger partial charge < -0.3 is 16.1 Å². The largest absolute Gasteiger partial charge is 0.417 e. The summed E-state index contributed by atoms with van der Waals surface area (Å²) >= 11 is 6.04. The zero-order valence-electron chi connectivity index (χ0n) is 18.5. The van der Waals surface area contributed by atoms with Gasteiger partial charge in [-0.05, 0) is 42.8 Å². The van der Waals surface area contributed by atoms with Crippen LogP contribution in [-0.4, -0.2) is 41.6 Å². The number of carbonyl (C=O) groups is 1. The van der Waals surface area contributed by atoms with Crippen LogP contribution in [0.4, 0.5) is 19.0 Å². The molecule has 1 saturated heterocycles. The van der Waals surface area contributed by atoms with Crippen LogP contribution in [0, 0.1) is 5.92 Å². The molecule has 0 spiro atoms. The van der Waals surface area contributed by atoms with Gasteiger partial charge in [0.25, 0.3) is 5.91 Å². The molecule has 6 nitrogen and oxygen atoms in total. The third-order valence-electron chi connectivity index (χ3n) is 5.53. The number of nitrogens with zero attached hydrogens (tertiary/aromatic N) is 3. The first-order valence-electron chi connectivity index (χ1n) is 10.5. The Hall–Kier alpha value is -3.33. The van der Waals surface area contributed by atoms with Crippen LogP contribution in [0.1, 0.15) is 24.0 Å². The monoisotopic (exact) mass is 491 g/mol. The predicted molar refractivity (Wildman–Crippen MR) is 128 cm³/mol. The van der Waals surface area contributed by atoms with Crippen molar-refractivity contribution >= 4 is 29.5 Å². The summed E-state index contributed by atoms with van der Waals surface area (Å²) in [5.74, 6) is 5.32. The minimum atomic E-state index is -4.45. The van der Waals surface area contributed by atoms with Crippen molar-refractivity contribution in [1.29, 1.82) is 0 Å². The van der Waals surface area contributed by atoms with Crippen LogP contribution in [0.5, 0.6) is 0 Å². The highest BCUT2D eigenvalue weighted by Gasteiger charge is 2.37. The Morgan fingerprint density at radius 1 is 1.29 bits per heavy atom. The van der Waals surface area contributed by atoms with Gasteiger partial charge in [0, 0.05) is 42.7 Å². The number of benzene rings is 1. The number of allylic oxidation sites excluding steroid dienone is 2. The molecule has 1 fully saturated rings. The van der Waals surface area contributed by atoms with Gasteiger partial charge >= 0.3 is 6.18 Å². The minimum absolute atomic E-state index is 0.0240. The molecular formula is C24H25ClF3N5O. The smallest absolute Gasteiger partial charge is 0.370 e. The summed E-state index contributed by atoms with van der Waals surface area (Å²) in [5.41, 5.74) is 1.20. The summed E-state index contributed by atoms with van der Waals surface area (Å²) in [6, 6.07) is 9.68. The van der Waals surface area contributed by atoms with Gasteiger partial charge in [-0.15, -0.1) is 0 Å². The fourth-order valence-corrected chi connectivity index (χ4v) is 4.04. The van der Waals surface area contributed by atoms with Crippen LogP contribution >= 0.6 is 11.6 Å². The van der Waals surface area contributed by atoms with Gasteiger partial charge in [0.05, 0.1) is 17.4 Å². The molecule has 3 N–H and O–H groups in total. The molecule has 3 rings (SSSR count). The van der Waals surface area contributed by atoms with E-state index in [-0.39, 0.29) is 17.7 Å². The number of hydrogen-bond donors (Lipinski definition) is 2. The lowest BCUT2D eigenvalue weighted by atomic mass is 9.89. The molecule has 1 aromatic carbocycles. The number of aromatic nitrogens is 1. The van der Waals surface area contributed by atoms with Crippen LogP contribution in [0.25, 0.3) is 0 Å². The molecule has 2 aromatic rings. The molecule has 0 bridgehead atoms. The summed E-state index contributed by atoms with van der Waals surface area (Å²) in [6.07, 6.45) is -0.733. The Labute approximate surface area is 201 Å². The molecule has 1 aliphatic rings. The molecule has 1 aliphatic heterocycles. The fraction of sp³-hybridized carbons (Fsp3) is 0.292. The molecule has 34 heavy (non-hydrogen) atoms. The van der Waals surface area contributed by atoms with E-state index in [1.807, 2.05) is 12.1 Å². The molecule has 0 radical (unpaired) electrons. The average molecular weight is 492 g/mol. The zero-order chi connectivity index (χ0) is 24.9. The van der Waals surface area contributed by atoms with Crippen molar-refractivity contribution in [1.82, 2.24) is 9.88 Å². The Morgan fingerprint density at radius 3 is 2.56 bits per heavy atom. The maximum absolute atomic E-state index is 13.2. The first-order valence-corrected chi connectivity index (χ1v) is 10.9. The van der Waals surface area contributed by atoms with Gasteiger partial charge in [0.2, 0.25) is 0 Å². The van der Waals surface area contributed by atoms with Gasteiger partial charge in [-0.2, -0.15) is 18.3 Å². The van der Waals surface area contributed by atoms with E-state index >= 15 is 0 Å². The lowest BCUT2D eigenvalue weighted by Gasteiger charge is -2.19. The topological polar surface area (TPSA) is 83.6 Å². The van der Waals surface area contributed by atoms with Crippen LogP contribution in [-0.2, 0) is 11.0 Å². The summed E-state index contributed by atoms with van der Waals surface area (Å²) < 4.78 is 38.4. The van der Waals surface area contributed by atoms with Crippen molar-refractivity contribution in [2.24, 2.45) is 16.9 Å². The number of anilines is 1. The van der Waals surface area contributed by atoms with E-state index in [0.29, 0.717) is 41.6 Å². The van der Waals surface area contributed by atoms with Gasteiger partial charge in [0.1, 0.15) is 5.82 Å². The zero-order valence-corrected chi connectivity index (χ0v) is 19.3. The predicted octanol–water partition coefficient (Wildman–Crippen LogP) is 4.85. The number of alkyl halides is 3.